The average molecular weight is 399 g/mol. The standard InChI is InChI=1S/C21H26N4O2S/c1-3-14-5-8-16(9-6-14)24-25-18(13-28-21(25)22-4-2)15-7-10-19-17(11-15)23-20(26)12-27-19/h7,10-11,13-14H,3-6,8-9,12H2,1-2H3,(H,23,26). The molecular weight excluding hydrogens is 372 g/mol. The summed E-state index contributed by atoms with van der Waals surface area (Å²) >= 11 is 1.60. The molecule has 0 radical (unpaired) electrons. The van der Waals surface area contributed by atoms with Crippen molar-refractivity contribution in [1.82, 2.24) is 4.68 Å². The van der Waals surface area contributed by atoms with E-state index >= 15 is 0 Å². The van der Waals surface area contributed by atoms with Crippen LogP contribution in [0.15, 0.2) is 33.7 Å². The molecule has 1 aliphatic carbocycles. The molecule has 0 spiro atoms. The quantitative estimate of drug-likeness (QED) is 0.835. The van der Waals surface area contributed by atoms with E-state index in [0.29, 0.717) is 11.4 Å². The van der Waals surface area contributed by atoms with E-state index in [1.165, 1.54) is 25.0 Å². The van der Waals surface area contributed by atoms with E-state index < -0.39 is 0 Å². The smallest absolute Gasteiger partial charge is 0.262 e. The van der Waals surface area contributed by atoms with Crippen molar-refractivity contribution < 1.29 is 9.53 Å². The van der Waals surface area contributed by atoms with Crippen molar-refractivity contribution in [2.75, 3.05) is 18.5 Å². The summed E-state index contributed by atoms with van der Waals surface area (Å²) < 4.78 is 7.46. The van der Waals surface area contributed by atoms with E-state index in [-0.39, 0.29) is 12.5 Å². The van der Waals surface area contributed by atoms with E-state index in [0.717, 1.165) is 41.4 Å². The number of amides is 1. The van der Waals surface area contributed by atoms with Crippen LogP contribution in [-0.2, 0) is 4.79 Å². The summed E-state index contributed by atoms with van der Waals surface area (Å²) in [6.45, 7) is 5.10. The highest BCUT2D eigenvalue weighted by molar-refractivity contribution is 7.07. The van der Waals surface area contributed by atoms with Crippen molar-refractivity contribution in [2.24, 2.45) is 16.0 Å². The Balaban J connectivity index is 1.72. The van der Waals surface area contributed by atoms with Crippen molar-refractivity contribution in [3.8, 4) is 17.0 Å². The molecule has 2 aliphatic rings. The predicted molar refractivity (Wildman–Crippen MR) is 113 cm³/mol. The number of rotatable bonds is 4. The van der Waals surface area contributed by atoms with Crippen molar-refractivity contribution in [3.05, 3.63) is 28.4 Å². The van der Waals surface area contributed by atoms with Gasteiger partial charge in [-0.25, -0.2) is 4.68 Å². The molecule has 2 heterocycles. The van der Waals surface area contributed by atoms with Gasteiger partial charge in [0.05, 0.1) is 11.4 Å². The van der Waals surface area contributed by atoms with Crippen LogP contribution >= 0.6 is 11.3 Å². The highest BCUT2D eigenvalue weighted by Crippen LogP contribution is 2.33. The largest absolute Gasteiger partial charge is 0.482 e. The Labute approximate surface area is 169 Å². The number of hydrogen-bond donors (Lipinski definition) is 1. The number of carbonyl (C=O) groups is 1. The maximum atomic E-state index is 11.7. The third-order valence-corrected chi connectivity index (χ3v) is 6.24. The van der Waals surface area contributed by atoms with Gasteiger partial charge >= 0.3 is 0 Å². The van der Waals surface area contributed by atoms with Crippen molar-refractivity contribution >= 4 is 28.6 Å². The Morgan fingerprint density at radius 3 is 2.86 bits per heavy atom. The minimum Gasteiger partial charge on any atom is -0.482 e. The third kappa shape index (κ3) is 3.90. The number of fused-ring (bicyclic) bond motifs is 1. The van der Waals surface area contributed by atoms with Crippen LogP contribution in [0.3, 0.4) is 0 Å². The first-order valence-corrected chi connectivity index (χ1v) is 10.9. The Hall–Kier alpha value is -2.41. The van der Waals surface area contributed by atoms with Gasteiger partial charge in [-0.1, -0.05) is 13.3 Å². The molecule has 0 atom stereocenters. The lowest BCUT2D eigenvalue weighted by atomic mass is 9.86. The maximum Gasteiger partial charge on any atom is 0.262 e. The second kappa shape index (κ2) is 8.31. The van der Waals surface area contributed by atoms with Crippen LogP contribution in [0, 0.1) is 5.92 Å². The summed E-state index contributed by atoms with van der Waals surface area (Å²) in [5.41, 5.74) is 3.93. The van der Waals surface area contributed by atoms with E-state index in [2.05, 4.69) is 22.6 Å². The van der Waals surface area contributed by atoms with Crippen LogP contribution in [0.5, 0.6) is 5.75 Å². The molecule has 1 aromatic heterocycles. The number of aromatic nitrogens is 1. The Morgan fingerprint density at radius 2 is 2.11 bits per heavy atom. The summed E-state index contributed by atoms with van der Waals surface area (Å²) in [4.78, 5) is 17.2. The monoisotopic (exact) mass is 398 g/mol. The molecule has 7 heteroatoms. The first-order valence-electron chi connectivity index (χ1n) is 10.0. The summed E-state index contributed by atoms with van der Waals surface area (Å²) in [5.74, 6) is 1.40. The van der Waals surface area contributed by atoms with E-state index in [9.17, 15) is 4.79 Å². The molecule has 1 fully saturated rings. The summed E-state index contributed by atoms with van der Waals surface area (Å²) in [6, 6.07) is 5.87. The van der Waals surface area contributed by atoms with Gasteiger partial charge in [0, 0.05) is 23.2 Å². The maximum absolute atomic E-state index is 11.7. The molecule has 0 bridgehead atoms. The topological polar surface area (TPSA) is 68.0 Å². The summed E-state index contributed by atoms with van der Waals surface area (Å²) in [5, 5.41) is 9.97. The Kier molecular flexibility index (Phi) is 5.62. The van der Waals surface area contributed by atoms with Gasteiger partial charge in [0.1, 0.15) is 5.75 Å². The minimum atomic E-state index is -0.127. The third-order valence-electron chi connectivity index (χ3n) is 5.39. The van der Waals surface area contributed by atoms with Gasteiger partial charge in [-0.2, -0.15) is 5.10 Å². The van der Waals surface area contributed by atoms with Crippen LogP contribution in [0.4, 0.5) is 5.69 Å². The summed E-state index contributed by atoms with van der Waals surface area (Å²) in [6.07, 6.45) is 5.81. The Bertz CT molecular complexity index is 963. The van der Waals surface area contributed by atoms with E-state index in [1.807, 2.05) is 29.8 Å². The van der Waals surface area contributed by atoms with Crippen molar-refractivity contribution in [3.63, 3.8) is 0 Å². The van der Waals surface area contributed by atoms with Crippen molar-refractivity contribution in [2.45, 2.75) is 46.0 Å². The van der Waals surface area contributed by atoms with Gasteiger partial charge in [-0.05, 0) is 56.7 Å². The van der Waals surface area contributed by atoms with Gasteiger partial charge < -0.3 is 10.1 Å². The van der Waals surface area contributed by atoms with Crippen LogP contribution in [0.2, 0.25) is 0 Å². The second-order valence-electron chi connectivity index (χ2n) is 7.26. The Morgan fingerprint density at radius 1 is 1.29 bits per heavy atom. The lowest BCUT2D eigenvalue weighted by Crippen LogP contribution is -2.25. The molecule has 2 aromatic rings. The number of nitrogens with one attached hydrogen (secondary N) is 1. The molecule has 1 aliphatic heterocycles. The van der Waals surface area contributed by atoms with Crippen molar-refractivity contribution in [1.29, 1.82) is 0 Å². The van der Waals surface area contributed by atoms with E-state index in [4.69, 9.17) is 9.84 Å². The molecule has 0 saturated heterocycles. The number of anilines is 1. The normalized spacial score (nSPS) is 19.8. The first kappa shape index (κ1) is 18.9. The number of hydrogen-bond acceptors (Lipinski definition) is 5. The molecular formula is C21H26N4O2S. The zero-order valence-electron chi connectivity index (χ0n) is 16.4. The van der Waals surface area contributed by atoms with Crippen LogP contribution in [0.1, 0.15) is 46.0 Å². The number of ether oxygens (including phenoxy) is 1. The molecule has 148 valence electrons. The predicted octanol–water partition coefficient (Wildman–Crippen LogP) is 4.27. The highest BCUT2D eigenvalue weighted by Gasteiger charge is 2.19. The number of nitrogens with zero attached hydrogens (tertiary/aromatic N) is 3. The molecule has 28 heavy (non-hydrogen) atoms. The zero-order valence-corrected chi connectivity index (χ0v) is 17.2. The summed E-state index contributed by atoms with van der Waals surface area (Å²) in [7, 11) is 0. The van der Waals surface area contributed by atoms with Gasteiger partial charge in [-0.15, -0.1) is 11.3 Å². The fourth-order valence-corrected chi connectivity index (χ4v) is 4.64. The molecule has 6 nitrogen and oxygen atoms in total. The molecule has 1 aromatic carbocycles. The molecule has 1 amide bonds. The molecule has 4 rings (SSSR count). The minimum absolute atomic E-state index is 0.0662. The van der Waals surface area contributed by atoms with Gasteiger partial charge in [0.2, 0.25) is 4.80 Å². The lowest BCUT2D eigenvalue weighted by molar-refractivity contribution is -0.118. The van der Waals surface area contributed by atoms with Gasteiger partial charge in [-0.3, -0.25) is 9.79 Å². The molecule has 1 N–H and O–H groups in total. The number of benzene rings is 1. The fraction of sp³-hybridized carbons (Fsp3) is 0.476. The second-order valence-corrected chi connectivity index (χ2v) is 8.09. The van der Waals surface area contributed by atoms with Gasteiger partial charge in [0.25, 0.3) is 5.91 Å². The molecule has 1 saturated carbocycles. The van der Waals surface area contributed by atoms with Crippen LogP contribution < -0.4 is 14.9 Å². The van der Waals surface area contributed by atoms with Gasteiger partial charge in [0.15, 0.2) is 6.61 Å². The van der Waals surface area contributed by atoms with E-state index in [1.54, 1.807) is 11.3 Å². The van der Waals surface area contributed by atoms with Crippen LogP contribution in [-0.4, -0.2) is 29.4 Å². The fourth-order valence-electron chi connectivity index (χ4n) is 3.74. The number of carbonyl (C=O) groups excluding carboxylic acids is 1. The highest BCUT2D eigenvalue weighted by atomic mass is 32.1. The zero-order chi connectivity index (χ0) is 19.5. The lowest BCUT2D eigenvalue weighted by Gasteiger charge is -2.21. The molecule has 0 unspecified atom stereocenters. The first-order chi connectivity index (χ1) is 13.7. The number of thiazole rings is 1. The van der Waals surface area contributed by atoms with Crippen LogP contribution in [0.25, 0.3) is 11.3 Å². The average Bonchev–Trinajstić information content (AvgIpc) is 3.10. The SMILES string of the molecule is CCN=c1scc(-c2ccc3c(c2)NC(=O)CO3)n1N=C1CCC(CC)CC1.